The lowest BCUT2D eigenvalue weighted by Crippen LogP contribution is -2.11. The molecule has 0 aromatic heterocycles. The Balaban J connectivity index is 2.63. The van der Waals surface area contributed by atoms with Gasteiger partial charge in [0.15, 0.2) is 0 Å². The van der Waals surface area contributed by atoms with Gasteiger partial charge in [0.25, 0.3) is 0 Å². The van der Waals surface area contributed by atoms with Gasteiger partial charge < -0.3 is 10.5 Å². The molecule has 0 saturated heterocycles. The molecule has 0 aliphatic carbocycles. The van der Waals surface area contributed by atoms with Gasteiger partial charge in [-0.3, -0.25) is 0 Å². The van der Waals surface area contributed by atoms with E-state index in [1.165, 1.54) is 6.26 Å². The van der Waals surface area contributed by atoms with Gasteiger partial charge in [0.2, 0.25) is 0 Å². The topological polar surface area (TPSA) is 69.4 Å². The zero-order chi connectivity index (χ0) is 13.8. The Bertz CT molecular complexity index is 500. The molecule has 0 saturated carbocycles. The van der Waals surface area contributed by atoms with Gasteiger partial charge in [-0.1, -0.05) is 22.0 Å². The van der Waals surface area contributed by atoms with Gasteiger partial charge >= 0.3 is 0 Å². The van der Waals surface area contributed by atoms with Crippen molar-refractivity contribution in [3.8, 4) is 5.75 Å². The van der Waals surface area contributed by atoms with Crippen LogP contribution < -0.4 is 10.5 Å². The van der Waals surface area contributed by atoms with Crippen molar-refractivity contribution >= 4 is 25.8 Å². The Morgan fingerprint density at radius 2 is 2.11 bits per heavy atom. The van der Waals surface area contributed by atoms with Gasteiger partial charge in [-0.05, 0) is 25.5 Å². The highest BCUT2D eigenvalue weighted by Gasteiger charge is 2.09. The highest BCUT2D eigenvalue weighted by Crippen LogP contribution is 2.27. The molecule has 18 heavy (non-hydrogen) atoms. The van der Waals surface area contributed by atoms with E-state index in [2.05, 4.69) is 15.9 Å². The van der Waals surface area contributed by atoms with E-state index in [9.17, 15) is 8.42 Å². The normalized spacial score (nSPS) is 13.3. The second kappa shape index (κ2) is 6.54. The number of halogens is 1. The molecule has 0 heterocycles. The zero-order valence-corrected chi connectivity index (χ0v) is 12.9. The smallest absolute Gasteiger partial charge is 0.147 e. The molecular formula is C12H18BrNO3S. The Morgan fingerprint density at radius 1 is 1.44 bits per heavy atom. The highest BCUT2D eigenvalue weighted by molar-refractivity contribution is 9.10. The average Bonchev–Trinajstić information content (AvgIpc) is 2.22. The van der Waals surface area contributed by atoms with E-state index < -0.39 is 9.84 Å². The van der Waals surface area contributed by atoms with Crippen molar-refractivity contribution in [2.75, 3.05) is 18.6 Å². The van der Waals surface area contributed by atoms with Crippen LogP contribution in [0.4, 0.5) is 0 Å². The molecule has 2 N–H and O–H groups in total. The summed E-state index contributed by atoms with van der Waals surface area (Å²) >= 11 is 3.37. The van der Waals surface area contributed by atoms with Crippen LogP contribution in [0.2, 0.25) is 0 Å². The minimum absolute atomic E-state index is 0.122. The van der Waals surface area contributed by atoms with Gasteiger partial charge in [0.1, 0.15) is 15.6 Å². The number of sulfone groups is 1. The second-order valence-corrected chi connectivity index (χ2v) is 7.48. The molecule has 6 heteroatoms. The molecule has 1 rings (SSSR count). The van der Waals surface area contributed by atoms with Crippen molar-refractivity contribution in [3.05, 3.63) is 28.2 Å². The zero-order valence-electron chi connectivity index (χ0n) is 10.5. The predicted octanol–water partition coefficient (Wildman–Crippen LogP) is 2.28. The fourth-order valence-corrected chi connectivity index (χ4v) is 2.49. The minimum Gasteiger partial charge on any atom is -0.493 e. The number of hydrogen-bond donors (Lipinski definition) is 1. The molecule has 1 aromatic rings. The molecule has 1 aromatic carbocycles. The molecule has 0 bridgehead atoms. The molecule has 1 atom stereocenters. The minimum atomic E-state index is -2.93. The van der Waals surface area contributed by atoms with Crippen LogP contribution >= 0.6 is 15.9 Å². The summed E-state index contributed by atoms with van der Waals surface area (Å²) in [7, 11) is -2.93. The maximum Gasteiger partial charge on any atom is 0.147 e. The third-order valence-corrected chi connectivity index (χ3v) is 3.91. The van der Waals surface area contributed by atoms with E-state index in [1.54, 1.807) is 0 Å². The lowest BCUT2D eigenvalue weighted by atomic mass is 10.1. The van der Waals surface area contributed by atoms with Crippen molar-refractivity contribution in [1.82, 2.24) is 0 Å². The Hall–Kier alpha value is -0.590. The maximum atomic E-state index is 11.0. The second-order valence-electron chi connectivity index (χ2n) is 4.30. The number of ether oxygens (including phenoxy) is 1. The Kier molecular flexibility index (Phi) is 5.62. The number of hydrogen-bond acceptors (Lipinski definition) is 4. The first kappa shape index (κ1) is 15.5. The monoisotopic (exact) mass is 335 g/mol. The Morgan fingerprint density at radius 3 is 2.67 bits per heavy atom. The summed E-state index contributed by atoms with van der Waals surface area (Å²) in [6.07, 6.45) is 1.70. The van der Waals surface area contributed by atoms with Gasteiger partial charge in [0, 0.05) is 22.3 Å². The van der Waals surface area contributed by atoms with E-state index in [0.29, 0.717) is 18.8 Å². The van der Waals surface area contributed by atoms with Crippen LogP contribution in [0.15, 0.2) is 22.7 Å². The molecule has 102 valence electrons. The molecule has 1 unspecified atom stereocenters. The van der Waals surface area contributed by atoms with Crippen LogP contribution in [0.3, 0.4) is 0 Å². The third kappa shape index (κ3) is 5.37. The first-order valence-electron chi connectivity index (χ1n) is 5.65. The van der Waals surface area contributed by atoms with Crippen LogP contribution in [0.1, 0.15) is 24.9 Å². The highest BCUT2D eigenvalue weighted by atomic mass is 79.9. The van der Waals surface area contributed by atoms with Crippen molar-refractivity contribution in [2.45, 2.75) is 19.4 Å². The molecule has 0 spiro atoms. The summed E-state index contributed by atoms with van der Waals surface area (Å²) in [6, 6.07) is 5.53. The van der Waals surface area contributed by atoms with Crippen molar-refractivity contribution in [3.63, 3.8) is 0 Å². The lowest BCUT2D eigenvalue weighted by molar-refractivity contribution is 0.313. The van der Waals surface area contributed by atoms with Crippen LogP contribution in [-0.4, -0.2) is 27.0 Å². The van der Waals surface area contributed by atoms with Crippen LogP contribution in [0.5, 0.6) is 5.75 Å². The summed E-state index contributed by atoms with van der Waals surface area (Å²) in [5.74, 6) is 0.835. The lowest BCUT2D eigenvalue weighted by Gasteiger charge is -2.14. The quantitative estimate of drug-likeness (QED) is 0.809. The summed E-state index contributed by atoms with van der Waals surface area (Å²) < 4.78 is 28.5. The first-order valence-corrected chi connectivity index (χ1v) is 8.50. The van der Waals surface area contributed by atoms with Gasteiger partial charge in [-0.15, -0.1) is 0 Å². The van der Waals surface area contributed by atoms with E-state index in [-0.39, 0.29) is 11.8 Å². The van der Waals surface area contributed by atoms with Crippen molar-refractivity contribution in [1.29, 1.82) is 0 Å². The largest absolute Gasteiger partial charge is 0.493 e. The van der Waals surface area contributed by atoms with E-state index in [1.807, 2.05) is 25.1 Å². The molecular weight excluding hydrogens is 318 g/mol. The summed E-state index contributed by atoms with van der Waals surface area (Å²) in [5, 5.41) is 0. The van der Waals surface area contributed by atoms with Crippen LogP contribution in [-0.2, 0) is 9.84 Å². The van der Waals surface area contributed by atoms with E-state index in [4.69, 9.17) is 10.5 Å². The van der Waals surface area contributed by atoms with Gasteiger partial charge in [-0.25, -0.2) is 8.42 Å². The predicted molar refractivity (Wildman–Crippen MR) is 76.6 cm³/mol. The molecule has 0 aliphatic heterocycles. The number of benzene rings is 1. The van der Waals surface area contributed by atoms with Crippen molar-refractivity contribution < 1.29 is 13.2 Å². The SMILES string of the molecule is CC(N)c1ccc(Br)cc1OCCCS(C)(=O)=O. The summed E-state index contributed by atoms with van der Waals surface area (Å²) in [6.45, 7) is 2.25. The summed E-state index contributed by atoms with van der Waals surface area (Å²) in [5.41, 5.74) is 6.76. The molecule has 0 fully saturated rings. The summed E-state index contributed by atoms with van der Waals surface area (Å²) in [4.78, 5) is 0. The Labute approximate surface area is 117 Å². The average molecular weight is 336 g/mol. The standard InChI is InChI=1S/C12H18BrNO3S/c1-9(14)11-5-4-10(13)8-12(11)17-6-3-7-18(2,15)16/h4-5,8-9H,3,6-7,14H2,1-2H3. The number of rotatable bonds is 6. The molecule has 0 radical (unpaired) electrons. The van der Waals surface area contributed by atoms with Crippen molar-refractivity contribution in [2.24, 2.45) is 5.73 Å². The fourth-order valence-electron chi connectivity index (χ4n) is 1.51. The third-order valence-electron chi connectivity index (χ3n) is 2.38. The van der Waals surface area contributed by atoms with Crippen LogP contribution in [0, 0.1) is 0 Å². The van der Waals surface area contributed by atoms with E-state index in [0.717, 1.165) is 10.0 Å². The van der Waals surface area contributed by atoms with Gasteiger partial charge in [-0.2, -0.15) is 0 Å². The van der Waals surface area contributed by atoms with Crippen LogP contribution in [0.25, 0.3) is 0 Å². The van der Waals surface area contributed by atoms with E-state index >= 15 is 0 Å². The number of nitrogens with two attached hydrogens (primary N) is 1. The molecule has 4 nitrogen and oxygen atoms in total. The fraction of sp³-hybridized carbons (Fsp3) is 0.500. The maximum absolute atomic E-state index is 11.0. The first-order chi connectivity index (χ1) is 8.29. The molecule has 0 aliphatic rings. The molecule has 0 amide bonds. The van der Waals surface area contributed by atoms with Gasteiger partial charge in [0.05, 0.1) is 12.4 Å².